The van der Waals surface area contributed by atoms with Gasteiger partial charge < -0.3 is 16.0 Å². The first kappa shape index (κ1) is 19.0. The van der Waals surface area contributed by atoms with Gasteiger partial charge in [-0.15, -0.1) is 0 Å². The lowest BCUT2D eigenvalue weighted by Gasteiger charge is -2.26. The van der Waals surface area contributed by atoms with Crippen molar-refractivity contribution in [3.05, 3.63) is 55.1 Å². The highest BCUT2D eigenvalue weighted by molar-refractivity contribution is 5.92. The number of rotatable bonds is 5. The fraction of sp³-hybridized carbons (Fsp3) is 0.227. The van der Waals surface area contributed by atoms with Gasteiger partial charge in [0.25, 0.3) is 0 Å². The van der Waals surface area contributed by atoms with Crippen LogP contribution in [0.2, 0.25) is 0 Å². The van der Waals surface area contributed by atoms with E-state index in [9.17, 15) is 4.79 Å². The molecule has 1 amide bonds. The van der Waals surface area contributed by atoms with Crippen LogP contribution in [-0.4, -0.2) is 43.6 Å². The Kier molecular flexibility index (Phi) is 4.91. The van der Waals surface area contributed by atoms with Crippen molar-refractivity contribution >= 4 is 34.6 Å². The number of hydrogen-bond donors (Lipinski definition) is 3. The van der Waals surface area contributed by atoms with E-state index >= 15 is 0 Å². The van der Waals surface area contributed by atoms with Crippen molar-refractivity contribution in [2.24, 2.45) is 0 Å². The maximum absolute atomic E-state index is 12.7. The van der Waals surface area contributed by atoms with Crippen LogP contribution in [0.15, 0.2) is 55.1 Å². The number of nitrogens with one attached hydrogen (secondary N) is 3. The molecule has 9 nitrogen and oxygen atoms in total. The first-order valence-corrected chi connectivity index (χ1v) is 10.2. The third-order valence-corrected chi connectivity index (χ3v) is 5.42. The molecule has 0 saturated heterocycles. The van der Waals surface area contributed by atoms with Gasteiger partial charge in [0, 0.05) is 31.2 Å². The molecule has 9 heteroatoms. The molecule has 156 valence electrons. The molecule has 5 rings (SSSR count). The van der Waals surface area contributed by atoms with Crippen LogP contribution in [0, 0.1) is 0 Å². The van der Waals surface area contributed by atoms with Gasteiger partial charge in [0.15, 0.2) is 17.0 Å². The summed E-state index contributed by atoms with van der Waals surface area (Å²) < 4.78 is 1.44. The van der Waals surface area contributed by atoms with Gasteiger partial charge >= 0.3 is 6.03 Å². The van der Waals surface area contributed by atoms with E-state index in [0.29, 0.717) is 22.9 Å². The summed E-state index contributed by atoms with van der Waals surface area (Å²) in [5.74, 6) is 0.926. The Labute approximate surface area is 179 Å². The maximum atomic E-state index is 12.7. The summed E-state index contributed by atoms with van der Waals surface area (Å²) in [6.45, 7) is 0. The molecule has 1 saturated carbocycles. The number of carbonyl (C=O) groups is 1. The van der Waals surface area contributed by atoms with Crippen molar-refractivity contribution in [2.75, 3.05) is 17.7 Å². The molecule has 1 aromatic carbocycles. The molecular formula is C22H22N8O. The highest BCUT2D eigenvalue weighted by Crippen LogP contribution is 2.26. The highest BCUT2D eigenvalue weighted by atomic mass is 16.2. The number of aromatic nitrogens is 5. The van der Waals surface area contributed by atoms with E-state index < -0.39 is 0 Å². The van der Waals surface area contributed by atoms with Gasteiger partial charge in [-0.05, 0) is 54.7 Å². The predicted octanol–water partition coefficient (Wildman–Crippen LogP) is 3.78. The second kappa shape index (κ2) is 8.02. The second-order valence-electron chi connectivity index (χ2n) is 7.45. The Morgan fingerprint density at radius 3 is 2.68 bits per heavy atom. The Bertz CT molecular complexity index is 1230. The van der Waals surface area contributed by atoms with Crippen molar-refractivity contribution in [2.45, 2.75) is 25.3 Å². The van der Waals surface area contributed by atoms with E-state index in [1.807, 2.05) is 36.4 Å². The summed E-state index contributed by atoms with van der Waals surface area (Å²) in [5.41, 5.74) is 3.94. The number of benzene rings is 1. The molecule has 0 atom stereocenters. The van der Waals surface area contributed by atoms with Gasteiger partial charge in [-0.25, -0.2) is 14.3 Å². The third kappa shape index (κ3) is 3.77. The van der Waals surface area contributed by atoms with Crippen LogP contribution in [-0.2, 0) is 0 Å². The molecule has 1 aliphatic carbocycles. The Morgan fingerprint density at radius 2 is 1.94 bits per heavy atom. The number of anilines is 3. The number of fused-ring (bicyclic) bond motifs is 1. The Morgan fingerprint density at radius 1 is 1.10 bits per heavy atom. The maximum Gasteiger partial charge on any atom is 0.328 e. The van der Waals surface area contributed by atoms with Crippen molar-refractivity contribution in [1.29, 1.82) is 0 Å². The molecule has 0 unspecified atom stereocenters. The van der Waals surface area contributed by atoms with Crippen LogP contribution in [0.25, 0.3) is 22.3 Å². The molecule has 4 aromatic rings. The summed E-state index contributed by atoms with van der Waals surface area (Å²) in [6.07, 6.45) is 8.19. The topological polar surface area (TPSA) is 110 Å². The van der Waals surface area contributed by atoms with Crippen molar-refractivity contribution < 1.29 is 4.79 Å². The molecule has 1 aliphatic rings. The number of carbonyl (C=O) groups excluding carboxylic acids is 1. The highest BCUT2D eigenvalue weighted by Gasteiger charge is 2.22. The number of hydrogen-bond acceptors (Lipinski definition) is 7. The Balaban J connectivity index is 1.47. The van der Waals surface area contributed by atoms with Crippen LogP contribution >= 0.6 is 0 Å². The minimum absolute atomic E-state index is 0.224. The van der Waals surface area contributed by atoms with E-state index in [1.165, 1.54) is 10.9 Å². The summed E-state index contributed by atoms with van der Waals surface area (Å²) in [5, 5.41) is 9.31. The fourth-order valence-corrected chi connectivity index (χ4v) is 3.53. The quantitative estimate of drug-likeness (QED) is 0.456. The Hall–Kier alpha value is -4.01. The monoisotopic (exact) mass is 414 g/mol. The molecule has 1 fully saturated rings. The molecule has 0 aliphatic heterocycles. The van der Waals surface area contributed by atoms with Gasteiger partial charge in [-0.3, -0.25) is 4.98 Å². The minimum Gasteiger partial charge on any atom is -0.371 e. The number of amides is 1. The average molecular weight is 414 g/mol. The van der Waals surface area contributed by atoms with Crippen LogP contribution in [0.1, 0.15) is 19.3 Å². The van der Waals surface area contributed by atoms with Gasteiger partial charge in [0.05, 0.1) is 0 Å². The fourth-order valence-electron chi connectivity index (χ4n) is 3.53. The van der Waals surface area contributed by atoms with E-state index in [4.69, 9.17) is 0 Å². The molecule has 3 aromatic heterocycles. The zero-order chi connectivity index (χ0) is 21.2. The lowest BCUT2D eigenvalue weighted by atomic mass is 9.93. The minimum atomic E-state index is -0.224. The van der Waals surface area contributed by atoms with Crippen LogP contribution in [0.4, 0.5) is 22.2 Å². The molecule has 31 heavy (non-hydrogen) atoms. The molecular weight excluding hydrogens is 392 g/mol. The molecule has 0 bridgehead atoms. The zero-order valence-corrected chi connectivity index (χ0v) is 17.0. The van der Waals surface area contributed by atoms with Gasteiger partial charge in [0.1, 0.15) is 6.33 Å². The van der Waals surface area contributed by atoms with Gasteiger partial charge in [0.2, 0.25) is 5.95 Å². The van der Waals surface area contributed by atoms with Crippen LogP contribution in [0.5, 0.6) is 0 Å². The normalized spacial score (nSPS) is 13.6. The van der Waals surface area contributed by atoms with Crippen molar-refractivity contribution in [3.8, 4) is 11.1 Å². The van der Waals surface area contributed by atoms with E-state index in [-0.39, 0.29) is 12.1 Å². The average Bonchev–Trinajstić information content (AvgIpc) is 3.20. The first-order chi connectivity index (χ1) is 15.2. The van der Waals surface area contributed by atoms with E-state index in [2.05, 4.69) is 35.9 Å². The van der Waals surface area contributed by atoms with E-state index in [0.717, 1.165) is 36.1 Å². The molecule has 0 spiro atoms. The number of nitrogens with zero attached hydrogens (tertiary/aromatic N) is 5. The zero-order valence-electron chi connectivity index (χ0n) is 17.0. The summed E-state index contributed by atoms with van der Waals surface area (Å²) in [4.78, 5) is 30.2. The van der Waals surface area contributed by atoms with Crippen molar-refractivity contribution in [3.63, 3.8) is 0 Å². The SMILES string of the molecule is CNc1nc(Nc2cccc(-c3ccncc3)c2)nc2c1ncn2C(=O)NC1CCC1. The second-order valence-corrected chi connectivity index (χ2v) is 7.45. The standard InChI is InChI=1S/C22H22N8O/c1-23-19-18-20(30(13-25-18)22(31)27-16-5-3-6-16)29-21(28-19)26-17-7-2-4-15(12-17)14-8-10-24-11-9-14/h2,4,7-13,16H,3,5-6H2,1H3,(H,27,31)(H2,23,26,28,29). The van der Waals surface area contributed by atoms with Crippen LogP contribution in [0.3, 0.4) is 0 Å². The van der Waals surface area contributed by atoms with Crippen molar-refractivity contribution in [1.82, 2.24) is 29.8 Å². The third-order valence-electron chi connectivity index (χ3n) is 5.42. The molecule has 3 N–H and O–H groups in total. The number of pyridine rings is 1. The lowest BCUT2D eigenvalue weighted by molar-refractivity contribution is 0.230. The lowest BCUT2D eigenvalue weighted by Crippen LogP contribution is -2.41. The van der Waals surface area contributed by atoms with Gasteiger partial charge in [-0.1, -0.05) is 12.1 Å². The smallest absolute Gasteiger partial charge is 0.328 e. The summed E-state index contributed by atoms with van der Waals surface area (Å²) >= 11 is 0. The summed E-state index contributed by atoms with van der Waals surface area (Å²) in [7, 11) is 1.77. The molecule has 0 radical (unpaired) electrons. The van der Waals surface area contributed by atoms with Crippen LogP contribution < -0.4 is 16.0 Å². The van der Waals surface area contributed by atoms with E-state index in [1.54, 1.807) is 19.4 Å². The molecule has 3 heterocycles. The first-order valence-electron chi connectivity index (χ1n) is 10.2. The van der Waals surface area contributed by atoms with Gasteiger partial charge in [-0.2, -0.15) is 9.97 Å². The summed E-state index contributed by atoms with van der Waals surface area (Å²) in [6, 6.07) is 11.9. The number of imidazole rings is 1. The largest absolute Gasteiger partial charge is 0.371 e. The predicted molar refractivity (Wildman–Crippen MR) is 119 cm³/mol.